The first kappa shape index (κ1) is 18.8. The van der Waals surface area contributed by atoms with E-state index >= 15 is 0 Å². The van der Waals surface area contributed by atoms with Crippen molar-refractivity contribution in [1.29, 1.82) is 0 Å². The van der Waals surface area contributed by atoms with Crippen molar-refractivity contribution in [3.05, 3.63) is 0 Å². The molecule has 0 bridgehead atoms. The zero-order valence-electron chi connectivity index (χ0n) is 5.87. The summed E-state index contributed by atoms with van der Waals surface area (Å²) in [6.07, 6.45) is 0. The summed E-state index contributed by atoms with van der Waals surface area (Å²) < 4.78 is 74.8. The molecule has 0 aliphatic heterocycles. The zero-order chi connectivity index (χ0) is 11.6. The van der Waals surface area contributed by atoms with Gasteiger partial charge < -0.3 is 0 Å². The minimum absolute atomic E-state index is 0. The molecule has 0 spiro atoms. The summed E-state index contributed by atoms with van der Waals surface area (Å²) >= 11 is 0. The van der Waals surface area contributed by atoms with Crippen LogP contribution in [0.4, 0.5) is 0 Å². The molecule has 0 amide bonds. The Labute approximate surface area is 128 Å². The monoisotopic (exact) mass is 316 g/mol. The van der Waals surface area contributed by atoms with Gasteiger partial charge in [-0.2, -0.15) is 16.8 Å². The number of thiol groups is 1. The Morgan fingerprint density at radius 1 is 0.933 bits per heavy atom. The molecule has 0 aromatic heterocycles. The second-order valence-electron chi connectivity index (χ2n) is 1.53. The van der Waals surface area contributed by atoms with Crippen LogP contribution in [0.2, 0.25) is 0 Å². The Kier molecular flexibility index (Phi) is 8.02. The molecule has 0 atom stereocenters. The van der Waals surface area contributed by atoms with E-state index in [1.807, 2.05) is 0 Å². The molecule has 0 saturated carbocycles. The molecule has 15 heteroatoms. The Morgan fingerprint density at radius 2 is 1.20 bits per heavy atom. The fourth-order valence-electron chi connectivity index (χ4n) is 0.270. The fraction of sp³-hybridized carbons (Fsp3) is 0. The van der Waals surface area contributed by atoms with Gasteiger partial charge in [-0.1, -0.05) is 0 Å². The molecular formula is H5KO11S3. The van der Waals surface area contributed by atoms with Crippen LogP contribution >= 0.6 is 0 Å². The molecule has 0 heterocycles. The standard InChI is InChI=1S/K.H4O11S3.H/c;1-9-14(8,10-12(2,3)4)11-13(5,6)7;/h;1,14H,(H,2,3,4)(H,5,6,7);. The van der Waals surface area contributed by atoms with Crippen LogP contribution in [0, 0.1) is 0 Å². The molecule has 0 radical (unpaired) electrons. The summed E-state index contributed by atoms with van der Waals surface area (Å²) in [7, 11) is -16.4. The van der Waals surface area contributed by atoms with Gasteiger partial charge in [0.2, 0.25) is 10.8 Å². The second-order valence-corrected chi connectivity index (χ2v) is 5.49. The van der Waals surface area contributed by atoms with E-state index in [0.29, 0.717) is 0 Å². The zero-order valence-corrected chi connectivity index (χ0v) is 8.40. The molecule has 0 fully saturated rings. The van der Waals surface area contributed by atoms with E-state index < -0.39 is 31.6 Å². The second kappa shape index (κ2) is 6.40. The van der Waals surface area contributed by atoms with Crippen LogP contribution in [0.15, 0.2) is 0 Å². The first-order valence-corrected chi connectivity index (χ1v) is 6.47. The maximum atomic E-state index is 10.6. The fourth-order valence-corrected chi connectivity index (χ4v) is 2.66. The maximum absolute atomic E-state index is 10.6. The summed E-state index contributed by atoms with van der Waals surface area (Å²) in [5.41, 5.74) is 0. The number of rotatable bonds is 5. The van der Waals surface area contributed by atoms with Crippen molar-refractivity contribution in [3.8, 4) is 0 Å². The van der Waals surface area contributed by atoms with Crippen LogP contribution in [0.25, 0.3) is 0 Å². The number of hydrogen-bond acceptors (Lipinski definition) is 9. The normalized spacial score (nSPS) is 14.3. The van der Waals surface area contributed by atoms with Gasteiger partial charge in [-0.05, 0) is 0 Å². The average molecular weight is 316 g/mol. The number of hydrogen-bond donors (Lipinski definition) is 4. The van der Waals surface area contributed by atoms with Gasteiger partial charge in [-0.25, -0.2) is 9.47 Å². The van der Waals surface area contributed by atoms with Gasteiger partial charge in [0, 0.05) is 0 Å². The van der Waals surface area contributed by atoms with Crippen molar-refractivity contribution < 1.29 is 47.0 Å². The van der Waals surface area contributed by atoms with E-state index in [1.54, 1.807) is 0 Å². The molecule has 0 unspecified atom stereocenters. The van der Waals surface area contributed by atoms with E-state index in [0.717, 1.165) is 0 Å². The van der Waals surface area contributed by atoms with Gasteiger partial charge in [0.1, 0.15) is 0 Å². The van der Waals surface area contributed by atoms with Crippen LogP contribution in [0.3, 0.4) is 0 Å². The average Bonchev–Trinajstić information content (AvgIpc) is 1.78. The Morgan fingerprint density at radius 3 is 1.33 bits per heavy atom. The van der Waals surface area contributed by atoms with Crippen LogP contribution in [0.5, 0.6) is 0 Å². The van der Waals surface area contributed by atoms with Gasteiger partial charge in [-0.3, -0.25) is 9.11 Å². The minimum atomic E-state index is -5.56. The van der Waals surface area contributed by atoms with Gasteiger partial charge in [0.15, 0.2) is 0 Å². The topological polar surface area (TPSA) is 174 Å². The van der Waals surface area contributed by atoms with E-state index in [1.165, 1.54) is 0 Å². The summed E-state index contributed by atoms with van der Waals surface area (Å²) in [6.45, 7) is 0. The quantitative estimate of drug-likeness (QED) is 0.136. The van der Waals surface area contributed by atoms with Crippen molar-refractivity contribution in [2.24, 2.45) is 0 Å². The molecule has 0 aliphatic rings. The molecule has 3 N–H and O–H groups in total. The van der Waals surface area contributed by atoms with E-state index in [4.69, 9.17) is 14.4 Å². The molecule has 0 rings (SSSR count). The molecule has 15 heavy (non-hydrogen) atoms. The molecule has 0 saturated heterocycles. The SMILES string of the molecule is O=S(=O)(O)O[SH](=O)(OO)OS(=O)(=O)O.[KH]. The molecular weight excluding hydrogens is 311 g/mol. The Balaban J connectivity index is 0. The first-order valence-electron chi connectivity index (χ1n) is 2.28. The first-order chi connectivity index (χ1) is 5.97. The summed E-state index contributed by atoms with van der Waals surface area (Å²) in [4.78, 5) is 0. The van der Waals surface area contributed by atoms with Crippen LogP contribution in [-0.2, 0) is 43.2 Å². The Bertz CT molecular complexity index is 386. The van der Waals surface area contributed by atoms with Crippen molar-refractivity contribution in [3.63, 3.8) is 0 Å². The van der Waals surface area contributed by atoms with Crippen molar-refractivity contribution in [1.82, 2.24) is 0 Å². The van der Waals surface area contributed by atoms with Gasteiger partial charge in [0.25, 0.3) is 0 Å². The van der Waals surface area contributed by atoms with E-state index in [-0.39, 0.29) is 51.4 Å². The van der Waals surface area contributed by atoms with E-state index in [9.17, 15) is 21.0 Å². The third kappa shape index (κ3) is 10.3. The molecule has 0 aromatic rings. The van der Waals surface area contributed by atoms with Crippen molar-refractivity contribution >= 4 is 83.0 Å². The third-order valence-corrected chi connectivity index (χ3v) is 3.64. The van der Waals surface area contributed by atoms with Crippen LogP contribution < -0.4 is 0 Å². The predicted molar refractivity (Wildman–Crippen MR) is 45.7 cm³/mol. The van der Waals surface area contributed by atoms with Crippen molar-refractivity contribution in [2.45, 2.75) is 0 Å². The molecule has 90 valence electrons. The third-order valence-electron chi connectivity index (χ3n) is 0.471. The van der Waals surface area contributed by atoms with Crippen molar-refractivity contribution in [2.75, 3.05) is 0 Å². The van der Waals surface area contributed by atoms with Crippen LogP contribution in [-0.4, -0.2) is 86.8 Å². The summed E-state index contributed by atoms with van der Waals surface area (Å²) in [5.74, 6) is 0. The summed E-state index contributed by atoms with van der Waals surface area (Å²) in [6, 6.07) is 0. The van der Waals surface area contributed by atoms with Gasteiger partial charge in [0.05, 0.1) is 0 Å². The Hall–Kier alpha value is 1.45. The molecule has 0 aromatic carbocycles. The summed E-state index contributed by atoms with van der Waals surface area (Å²) in [5, 5.41) is 7.75. The van der Waals surface area contributed by atoms with Gasteiger partial charge >= 0.3 is 72.2 Å². The van der Waals surface area contributed by atoms with Gasteiger partial charge in [-0.15, -0.1) is 11.6 Å². The van der Waals surface area contributed by atoms with Crippen LogP contribution in [0.1, 0.15) is 0 Å². The molecule has 0 aliphatic carbocycles. The molecule has 11 nitrogen and oxygen atoms in total. The predicted octanol–water partition coefficient (Wildman–Crippen LogP) is -2.77. The van der Waals surface area contributed by atoms with E-state index in [2.05, 4.69) is 11.6 Å².